The van der Waals surface area contributed by atoms with E-state index in [0.717, 1.165) is 5.69 Å². The maximum Gasteiger partial charge on any atom is 0.338 e. The van der Waals surface area contributed by atoms with Gasteiger partial charge in [-0.15, -0.1) is 0 Å². The van der Waals surface area contributed by atoms with E-state index in [-0.39, 0.29) is 0 Å². The Kier molecular flexibility index (Phi) is 3.27. The molecule has 2 rings (SSSR count). The van der Waals surface area contributed by atoms with Crippen molar-refractivity contribution in [1.29, 1.82) is 0 Å². The molecule has 6 nitrogen and oxygen atoms in total. The number of methoxy groups -OCH3 is 1. The summed E-state index contributed by atoms with van der Waals surface area (Å²) in [4.78, 5) is 15.4. The molecule has 6 heteroatoms. The minimum atomic E-state index is -0.427. The van der Waals surface area contributed by atoms with Crippen molar-refractivity contribution in [2.75, 3.05) is 7.11 Å². The Labute approximate surface area is 104 Å². The Hall–Kier alpha value is -2.37. The first-order chi connectivity index (χ1) is 8.60. The van der Waals surface area contributed by atoms with Gasteiger partial charge in [0, 0.05) is 25.4 Å². The van der Waals surface area contributed by atoms with Gasteiger partial charge in [0.2, 0.25) is 11.8 Å². The van der Waals surface area contributed by atoms with Crippen LogP contribution in [0.15, 0.2) is 24.4 Å². The lowest BCUT2D eigenvalue weighted by Crippen LogP contribution is -2.02. The molecular formula is C12H13N3O3. The number of rotatable bonds is 3. The van der Waals surface area contributed by atoms with E-state index in [2.05, 4.69) is 14.8 Å². The van der Waals surface area contributed by atoms with E-state index in [4.69, 9.17) is 4.74 Å². The van der Waals surface area contributed by atoms with Crippen LogP contribution < -0.4 is 4.74 Å². The molecule has 0 unspecified atom stereocenters. The van der Waals surface area contributed by atoms with Gasteiger partial charge in [0.1, 0.15) is 0 Å². The van der Waals surface area contributed by atoms with Gasteiger partial charge in [-0.2, -0.15) is 5.10 Å². The van der Waals surface area contributed by atoms with Crippen LogP contribution in [0.1, 0.15) is 16.1 Å². The maximum atomic E-state index is 11.4. The molecule has 0 fully saturated rings. The van der Waals surface area contributed by atoms with Gasteiger partial charge in [-0.3, -0.25) is 0 Å². The molecular weight excluding hydrogens is 234 g/mol. The molecule has 0 atom stereocenters. The van der Waals surface area contributed by atoms with Crippen molar-refractivity contribution in [2.24, 2.45) is 7.05 Å². The third kappa shape index (κ3) is 2.48. The highest BCUT2D eigenvalue weighted by atomic mass is 16.5. The number of ether oxygens (including phenoxy) is 2. The summed E-state index contributed by atoms with van der Waals surface area (Å²) in [5.74, 6) is 0.450. The predicted molar refractivity (Wildman–Crippen MR) is 63.6 cm³/mol. The zero-order chi connectivity index (χ0) is 13.1. The third-order valence-corrected chi connectivity index (χ3v) is 2.32. The summed E-state index contributed by atoms with van der Waals surface area (Å²) in [6, 6.07) is 4.87. The minimum absolute atomic E-state index is 0.320. The number of hydrogen-bond acceptors (Lipinski definition) is 5. The monoisotopic (exact) mass is 247 g/mol. The van der Waals surface area contributed by atoms with Gasteiger partial charge >= 0.3 is 5.97 Å². The van der Waals surface area contributed by atoms with Gasteiger partial charge in [0.05, 0.1) is 18.4 Å². The summed E-state index contributed by atoms with van der Waals surface area (Å²) in [7, 11) is 3.10. The van der Waals surface area contributed by atoms with Crippen molar-refractivity contribution in [3.63, 3.8) is 0 Å². The SMILES string of the molecule is COC(=O)c1ccnc(Oc2cc(C)nn2C)c1. The summed E-state index contributed by atoms with van der Waals surface area (Å²) in [5.41, 5.74) is 1.23. The number of hydrogen-bond donors (Lipinski definition) is 0. The van der Waals surface area contributed by atoms with E-state index in [1.54, 1.807) is 23.9 Å². The Morgan fingerprint density at radius 2 is 2.17 bits per heavy atom. The van der Waals surface area contributed by atoms with Crippen LogP contribution in [-0.2, 0) is 11.8 Å². The molecule has 2 heterocycles. The number of aromatic nitrogens is 3. The summed E-state index contributed by atoms with van der Waals surface area (Å²) in [5, 5.41) is 4.15. The quantitative estimate of drug-likeness (QED) is 0.772. The van der Waals surface area contributed by atoms with E-state index >= 15 is 0 Å². The normalized spacial score (nSPS) is 10.2. The molecule has 0 saturated carbocycles. The lowest BCUT2D eigenvalue weighted by Gasteiger charge is -2.05. The fraction of sp³-hybridized carbons (Fsp3) is 0.250. The zero-order valence-electron chi connectivity index (χ0n) is 10.4. The van der Waals surface area contributed by atoms with Gasteiger partial charge in [0.25, 0.3) is 0 Å². The molecule has 0 saturated heterocycles. The molecule has 94 valence electrons. The van der Waals surface area contributed by atoms with Crippen molar-refractivity contribution in [3.8, 4) is 11.8 Å². The smallest absolute Gasteiger partial charge is 0.338 e. The van der Waals surface area contributed by atoms with Crippen LogP contribution in [0.5, 0.6) is 11.8 Å². The van der Waals surface area contributed by atoms with E-state index in [0.29, 0.717) is 17.3 Å². The van der Waals surface area contributed by atoms with Crippen molar-refractivity contribution in [1.82, 2.24) is 14.8 Å². The summed E-state index contributed by atoms with van der Waals surface area (Å²) >= 11 is 0. The standard InChI is InChI=1S/C12H13N3O3/c1-8-6-11(15(2)14-8)18-10-7-9(4-5-13-10)12(16)17-3/h4-7H,1-3H3. The van der Waals surface area contributed by atoms with Crippen molar-refractivity contribution < 1.29 is 14.3 Å². The number of carbonyl (C=O) groups excluding carboxylic acids is 1. The molecule has 0 bridgehead atoms. The first kappa shape index (κ1) is 12.1. The van der Waals surface area contributed by atoms with Crippen LogP contribution >= 0.6 is 0 Å². The van der Waals surface area contributed by atoms with E-state index in [1.807, 2.05) is 6.92 Å². The number of pyridine rings is 1. The van der Waals surface area contributed by atoms with Crippen molar-refractivity contribution >= 4 is 5.97 Å². The van der Waals surface area contributed by atoms with Crippen molar-refractivity contribution in [3.05, 3.63) is 35.7 Å². The Morgan fingerprint density at radius 1 is 1.39 bits per heavy atom. The zero-order valence-corrected chi connectivity index (χ0v) is 10.4. The Balaban J connectivity index is 2.24. The van der Waals surface area contributed by atoms with Crippen LogP contribution in [0.4, 0.5) is 0 Å². The highest BCUT2D eigenvalue weighted by molar-refractivity contribution is 5.89. The lowest BCUT2D eigenvalue weighted by molar-refractivity contribution is 0.0600. The molecule has 0 radical (unpaired) electrons. The third-order valence-electron chi connectivity index (χ3n) is 2.32. The predicted octanol–water partition coefficient (Wildman–Crippen LogP) is 1.70. The molecule has 18 heavy (non-hydrogen) atoms. The second-order valence-corrected chi connectivity index (χ2v) is 3.72. The van der Waals surface area contributed by atoms with Gasteiger partial charge in [0.15, 0.2) is 0 Å². The number of esters is 1. The average Bonchev–Trinajstić information content (AvgIpc) is 2.67. The van der Waals surface area contributed by atoms with Crippen LogP contribution in [0.3, 0.4) is 0 Å². The summed E-state index contributed by atoms with van der Waals surface area (Å²) < 4.78 is 11.8. The topological polar surface area (TPSA) is 66.2 Å². The van der Waals surface area contributed by atoms with Gasteiger partial charge in [-0.25, -0.2) is 14.5 Å². The Morgan fingerprint density at radius 3 is 2.78 bits per heavy atom. The van der Waals surface area contributed by atoms with Gasteiger partial charge in [-0.1, -0.05) is 0 Å². The van der Waals surface area contributed by atoms with Gasteiger partial charge < -0.3 is 9.47 Å². The maximum absolute atomic E-state index is 11.4. The fourth-order valence-electron chi connectivity index (χ4n) is 1.50. The average molecular weight is 247 g/mol. The van der Waals surface area contributed by atoms with E-state index < -0.39 is 5.97 Å². The first-order valence-corrected chi connectivity index (χ1v) is 5.33. The van der Waals surface area contributed by atoms with E-state index in [9.17, 15) is 4.79 Å². The minimum Gasteiger partial charge on any atom is -0.465 e. The fourth-order valence-corrected chi connectivity index (χ4v) is 1.50. The second kappa shape index (κ2) is 4.87. The number of carbonyl (C=O) groups is 1. The second-order valence-electron chi connectivity index (χ2n) is 3.72. The van der Waals surface area contributed by atoms with Gasteiger partial charge in [-0.05, 0) is 13.0 Å². The molecule has 0 aliphatic rings. The highest BCUT2D eigenvalue weighted by Gasteiger charge is 2.09. The summed E-state index contributed by atoms with van der Waals surface area (Å²) in [6.07, 6.45) is 1.49. The molecule has 0 N–H and O–H groups in total. The van der Waals surface area contributed by atoms with Crippen LogP contribution in [0.25, 0.3) is 0 Å². The van der Waals surface area contributed by atoms with Crippen LogP contribution in [-0.4, -0.2) is 27.8 Å². The molecule has 0 aliphatic heterocycles. The number of aryl methyl sites for hydroxylation is 2. The Bertz CT molecular complexity index is 578. The molecule has 2 aromatic rings. The molecule has 2 aromatic heterocycles. The molecule has 0 amide bonds. The molecule has 0 aromatic carbocycles. The van der Waals surface area contributed by atoms with Crippen LogP contribution in [0, 0.1) is 6.92 Å². The van der Waals surface area contributed by atoms with Crippen molar-refractivity contribution in [2.45, 2.75) is 6.92 Å². The van der Waals surface area contributed by atoms with E-state index in [1.165, 1.54) is 19.4 Å². The largest absolute Gasteiger partial charge is 0.465 e. The van der Waals surface area contributed by atoms with Crippen LogP contribution in [0.2, 0.25) is 0 Å². The summed E-state index contributed by atoms with van der Waals surface area (Å²) in [6.45, 7) is 1.87. The molecule has 0 aliphatic carbocycles. The first-order valence-electron chi connectivity index (χ1n) is 5.33. The lowest BCUT2D eigenvalue weighted by atomic mass is 10.3. The highest BCUT2D eigenvalue weighted by Crippen LogP contribution is 2.20. The molecule has 0 spiro atoms. The number of nitrogens with zero attached hydrogens (tertiary/aromatic N) is 3.